The maximum absolute atomic E-state index is 13.2. The van der Waals surface area contributed by atoms with E-state index in [-0.39, 0.29) is 5.82 Å². The van der Waals surface area contributed by atoms with Crippen LogP contribution in [0.25, 0.3) is 0 Å². The Bertz CT molecular complexity index is 797. The molecule has 23 heavy (non-hydrogen) atoms. The van der Waals surface area contributed by atoms with E-state index in [0.717, 1.165) is 5.56 Å². The van der Waals surface area contributed by atoms with Crippen molar-refractivity contribution in [3.05, 3.63) is 89.4 Å². The third-order valence-electron chi connectivity index (χ3n) is 3.49. The number of furan rings is 1. The van der Waals surface area contributed by atoms with Gasteiger partial charge in [-0.2, -0.15) is 0 Å². The summed E-state index contributed by atoms with van der Waals surface area (Å²) in [7, 11) is 0. The molecule has 0 aliphatic carbocycles. The van der Waals surface area contributed by atoms with Gasteiger partial charge in [-0.05, 0) is 42.8 Å². The molecule has 3 aromatic rings. The monoisotopic (exact) mass is 311 g/mol. The topological polar surface area (TPSA) is 52.3 Å². The van der Waals surface area contributed by atoms with Crippen molar-refractivity contribution in [2.45, 2.75) is 13.0 Å². The highest BCUT2D eigenvalue weighted by Gasteiger charge is 2.22. The minimum absolute atomic E-state index is 0.348. The minimum Gasteiger partial charge on any atom is -0.469 e. The molecular formula is C18H14FNO3. The summed E-state index contributed by atoms with van der Waals surface area (Å²) in [5.41, 5.74) is 1.79. The van der Waals surface area contributed by atoms with Gasteiger partial charge in [0.05, 0.1) is 6.26 Å². The first-order chi connectivity index (χ1) is 11.1. The number of esters is 1. The number of halogens is 1. The van der Waals surface area contributed by atoms with Crippen LogP contribution < -0.4 is 0 Å². The Kier molecular flexibility index (Phi) is 4.19. The zero-order chi connectivity index (χ0) is 16.2. The van der Waals surface area contributed by atoms with Gasteiger partial charge in [0, 0.05) is 18.0 Å². The van der Waals surface area contributed by atoms with Crippen LogP contribution in [0.3, 0.4) is 0 Å². The number of ether oxygens (including phenoxy) is 1. The van der Waals surface area contributed by atoms with Crippen LogP contribution in [-0.2, 0) is 4.74 Å². The van der Waals surface area contributed by atoms with Crippen molar-refractivity contribution >= 4 is 5.97 Å². The first-order valence-electron chi connectivity index (χ1n) is 7.05. The van der Waals surface area contributed by atoms with Crippen LogP contribution in [0.1, 0.15) is 33.3 Å². The lowest BCUT2D eigenvalue weighted by atomic mass is 10.0. The summed E-state index contributed by atoms with van der Waals surface area (Å²) < 4.78 is 23.9. The Morgan fingerprint density at radius 2 is 1.74 bits per heavy atom. The number of hydrogen-bond acceptors (Lipinski definition) is 4. The molecule has 0 aliphatic rings. The number of hydrogen-bond donors (Lipinski definition) is 0. The van der Waals surface area contributed by atoms with E-state index in [2.05, 4.69) is 4.98 Å². The lowest BCUT2D eigenvalue weighted by Crippen LogP contribution is -2.13. The number of carbonyl (C=O) groups excluding carboxylic acids is 1. The Morgan fingerprint density at radius 1 is 1.09 bits per heavy atom. The van der Waals surface area contributed by atoms with Crippen LogP contribution in [0.2, 0.25) is 0 Å². The van der Waals surface area contributed by atoms with E-state index in [1.807, 2.05) is 0 Å². The van der Waals surface area contributed by atoms with Gasteiger partial charge in [-0.1, -0.05) is 12.1 Å². The van der Waals surface area contributed by atoms with Crippen LogP contribution in [0.5, 0.6) is 0 Å². The highest BCUT2D eigenvalue weighted by molar-refractivity contribution is 5.90. The van der Waals surface area contributed by atoms with Gasteiger partial charge in [0.2, 0.25) is 0 Å². The summed E-state index contributed by atoms with van der Waals surface area (Å²) in [6.07, 6.45) is 4.01. The van der Waals surface area contributed by atoms with Gasteiger partial charge in [-0.25, -0.2) is 9.18 Å². The summed E-state index contributed by atoms with van der Waals surface area (Å²) >= 11 is 0. The minimum atomic E-state index is -0.652. The smallest absolute Gasteiger partial charge is 0.342 e. The van der Waals surface area contributed by atoms with Crippen molar-refractivity contribution in [1.29, 1.82) is 0 Å². The molecule has 0 amide bonds. The van der Waals surface area contributed by atoms with Gasteiger partial charge in [-0.15, -0.1) is 0 Å². The quantitative estimate of drug-likeness (QED) is 0.682. The van der Waals surface area contributed by atoms with E-state index in [1.165, 1.54) is 18.4 Å². The fourth-order valence-corrected chi connectivity index (χ4v) is 2.27. The molecule has 0 spiro atoms. The maximum Gasteiger partial charge on any atom is 0.342 e. The third-order valence-corrected chi connectivity index (χ3v) is 3.49. The van der Waals surface area contributed by atoms with Crippen molar-refractivity contribution in [2.75, 3.05) is 0 Å². The molecule has 2 aromatic heterocycles. The highest BCUT2D eigenvalue weighted by Crippen LogP contribution is 2.27. The molecule has 3 rings (SSSR count). The molecule has 1 atom stereocenters. The van der Waals surface area contributed by atoms with E-state index in [9.17, 15) is 9.18 Å². The lowest BCUT2D eigenvalue weighted by Gasteiger charge is -2.18. The molecule has 1 aromatic carbocycles. The molecule has 0 bridgehead atoms. The maximum atomic E-state index is 13.2. The number of aryl methyl sites for hydroxylation is 1. The standard InChI is InChI=1S/C18H14FNO3/c1-12-16(8-11-22-12)18(21)23-17(14-6-9-20-10-7-14)13-2-4-15(19)5-3-13/h2-11,17H,1H3/t17-/m1/s1. The molecule has 0 saturated carbocycles. The fourth-order valence-electron chi connectivity index (χ4n) is 2.27. The molecular weight excluding hydrogens is 297 g/mol. The second-order valence-corrected chi connectivity index (χ2v) is 5.01. The Hall–Kier alpha value is -2.95. The normalized spacial score (nSPS) is 11.9. The highest BCUT2D eigenvalue weighted by atomic mass is 19.1. The van der Waals surface area contributed by atoms with Gasteiger partial charge >= 0.3 is 5.97 Å². The predicted molar refractivity (Wildman–Crippen MR) is 81.3 cm³/mol. The van der Waals surface area contributed by atoms with Crippen molar-refractivity contribution in [3.63, 3.8) is 0 Å². The molecule has 0 radical (unpaired) electrons. The average Bonchev–Trinajstić information content (AvgIpc) is 3.00. The van der Waals surface area contributed by atoms with Crippen LogP contribution in [0.15, 0.2) is 65.5 Å². The number of nitrogens with zero attached hydrogens (tertiary/aromatic N) is 1. The molecule has 2 heterocycles. The van der Waals surface area contributed by atoms with E-state index in [1.54, 1.807) is 49.6 Å². The molecule has 4 nitrogen and oxygen atoms in total. The lowest BCUT2D eigenvalue weighted by molar-refractivity contribution is 0.0376. The molecule has 116 valence electrons. The van der Waals surface area contributed by atoms with Crippen molar-refractivity contribution in [2.24, 2.45) is 0 Å². The average molecular weight is 311 g/mol. The van der Waals surface area contributed by atoms with Gasteiger partial charge in [0.1, 0.15) is 17.1 Å². The van der Waals surface area contributed by atoms with E-state index >= 15 is 0 Å². The largest absolute Gasteiger partial charge is 0.469 e. The summed E-state index contributed by atoms with van der Waals surface area (Å²) in [5.74, 6) is -0.357. The summed E-state index contributed by atoms with van der Waals surface area (Å²) in [5, 5.41) is 0. The van der Waals surface area contributed by atoms with Gasteiger partial charge in [0.15, 0.2) is 6.10 Å². The molecule has 0 aliphatic heterocycles. The van der Waals surface area contributed by atoms with E-state index in [0.29, 0.717) is 16.9 Å². The third kappa shape index (κ3) is 3.29. The van der Waals surface area contributed by atoms with Crippen molar-refractivity contribution in [3.8, 4) is 0 Å². The van der Waals surface area contributed by atoms with E-state index < -0.39 is 12.1 Å². The molecule has 0 fully saturated rings. The van der Waals surface area contributed by atoms with Gasteiger partial charge < -0.3 is 9.15 Å². The SMILES string of the molecule is Cc1occc1C(=O)O[C@@H](c1ccncc1)c1ccc(F)cc1. The van der Waals surface area contributed by atoms with E-state index in [4.69, 9.17) is 9.15 Å². The van der Waals surface area contributed by atoms with Crippen molar-refractivity contribution < 1.29 is 18.3 Å². The van der Waals surface area contributed by atoms with Crippen LogP contribution in [0.4, 0.5) is 4.39 Å². The van der Waals surface area contributed by atoms with Crippen LogP contribution in [0, 0.1) is 12.7 Å². The Labute approximate surface area is 132 Å². The summed E-state index contributed by atoms with van der Waals surface area (Å²) in [6.45, 7) is 1.69. The molecule has 0 N–H and O–H groups in total. The zero-order valence-electron chi connectivity index (χ0n) is 12.4. The number of rotatable bonds is 4. The summed E-state index contributed by atoms with van der Waals surface area (Å²) in [6, 6.07) is 10.9. The van der Waals surface area contributed by atoms with Crippen LogP contribution in [-0.4, -0.2) is 11.0 Å². The van der Waals surface area contributed by atoms with Crippen LogP contribution >= 0.6 is 0 Å². The Balaban J connectivity index is 1.94. The second-order valence-electron chi connectivity index (χ2n) is 5.01. The Morgan fingerprint density at radius 3 is 2.35 bits per heavy atom. The fraction of sp³-hybridized carbons (Fsp3) is 0.111. The molecule has 5 heteroatoms. The van der Waals surface area contributed by atoms with Gasteiger partial charge in [0.25, 0.3) is 0 Å². The van der Waals surface area contributed by atoms with Crippen molar-refractivity contribution in [1.82, 2.24) is 4.98 Å². The summed E-state index contributed by atoms with van der Waals surface area (Å²) in [4.78, 5) is 16.3. The zero-order valence-corrected chi connectivity index (χ0v) is 12.4. The number of aromatic nitrogens is 1. The number of pyridine rings is 1. The molecule has 0 saturated heterocycles. The second kappa shape index (κ2) is 6.44. The molecule has 0 unspecified atom stereocenters. The van der Waals surface area contributed by atoms with Gasteiger partial charge in [-0.3, -0.25) is 4.98 Å². The predicted octanol–water partition coefficient (Wildman–Crippen LogP) is 4.07. The first kappa shape index (κ1) is 15.0. The number of carbonyl (C=O) groups is 1. The first-order valence-corrected chi connectivity index (χ1v) is 7.05. The number of benzene rings is 1.